The first-order chi connectivity index (χ1) is 7.95. The van der Waals surface area contributed by atoms with Crippen LogP contribution in [0.15, 0.2) is 43.0 Å². The Balaban J connectivity index is 2.81. The Labute approximate surface area is 107 Å². The van der Waals surface area contributed by atoms with Gasteiger partial charge in [-0.3, -0.25) is 0 Å². The minimum atomic E-state index is -1.07. The van der Waals surface area contributed by atoms with Gasteiger partial charge in [0.15, 0.2) is 0 Å². The molecule has 0 spiro atoms. The second-order valence-corrected chi connectivity index (χ2v) is 6.98. The number of hydrogen-bond donors (Lipinski definition) is 1. The molecule has 3 heteroatoms. The zero-order valence-corrected chi connectivity index (χ0v) is 11.6. The minimum Gasteiger partial charge on any atom is -0.242 e. The number of hydrogen-bond acceptors (Lipinski definition) is 1. The summed E-state index contributed by atoms with van der Waals surface area (Å²) >= 11 is 0. The Bertz CT molecular complexity index is 381. The monoisotopic (exact) mass is 251 g/mol. The molecular formula is C14H21NOS. The van der Waals surface area contributed by atoms with Gasteiger partial charge in [0, 0.05) is 6.04 Å². The van der Waals surface area contributed by atoms with Crippen molar-refractivity contribution in [2.75, 3.05) is 0 Å². The number of benzene rings is 1. The van der Waals surface area contributed by atoms with Crippen LogP contribution in [0.1, 0.15) is 38.8 Å². The van der Waals surface area contributed by atoms with E-state index >= 15 is 0 Å². The minimum absolute atomic E-state index is 0.0637. The largest absolute Gasteiger partial charge is 0.242 e. The van der Waals surface area contributed by atoms with Gasteiger partial charge in [-0.25, -0.2) is 8.93 Å². The fourth-order valence-corrected chi connectivity index (χ4v) is 2.25. The highest BCUT2D eigenvalue weighted by Gasteiger charge is 2.22. The summed E-state index contributed by atoms with van der Waals surface area (Å²) in [5.41, 5.74) is 1.14. The third-order valence-electron chi connectivity index (χ3n) is 2.41. The van der Waals surface area contributed by atoms with Gasteiger partial charge in [-0.1, -0.05) is 36.4 Å². The van der Waals surface area contributed by atoms with E-state index in [0.29, 0.717) is 0 Å². The summed E-state index contributed by atoms with van der Waals surface area (Å²) in [4.78, 5) is 0. The molecule has 0 amide bonds. The van der Waals surface area contributed by atoms with Crippen molar-refractivity contribution < 1.29 is 4.21 Å². The molecule has 0 aromatic heterocycles. The van der Waals surface area contributed by atoms with Gasteiger partial charge < -0.3 is 0 Å². The van der Waals surface area contributed by atoms with E-state index in [2.05, 4.69) is 11.3 Å². The third kappa shape index (κ3) is 4.44. The van der Waals surface area contributed by atoms with E-state index in [0.717, 1.165) is 12.0 Å². The molecule has 0 bridgehead atoms. The molecule has 1 rings (SSSR count). The lowest BCUT2D eigenvalue weighted by atomic mass is 10.1. The van der Waals surface area contributed by atoms with Gasteiger partial charge in [0.2, 0.25) is 0 Å². The standard InChI is InChI=1S/C14H21NOS/c1-5-9-13(12-10-7-6-8-11-12)15-17(16)14(2,3)4/h5-8,10-11,13,15H,1,9H2,2-4H3/t13-,17-/m1/s1. The van der Waals surface area contributed by atoms with Crippen molar-refractivity contribution in [2.45, 2.75) is 38.0 Å². The summed E-state index contributed by atoms with van der Waals surface area (Å²) in [6, 6.07) is 10.1. The lowest BCUT2D eigenvalue weighted by Crippen LogP contribution is -2.35. The smallest absolute Gasteiger partial charge is 0.0976 e. The molecule has 94 valence electrons. The molecule has 0 unspecified atom stereocenters. The molecule has 0 radical (unpaired) electrons. The second kappa shape index (κ2) is 6.12. The van der Waals surface area contributed by atoms with Crippen molar-refractivity contribution >= 4 is 11.0 Å². The quantitative estimate of drug-likeness (QED) is 0.799. The summed E-state index contributed by atoms with van der Waals surface area (Å²) < 4.78 is 15.0. The van der Waals surface area contributed by atoms with Gasteiger partial charge in [0.1, 0.15) is 0 Å². The molecular weight excluding hydrogens is 230 g/mol. The van der Waals surface area contributed by atoms with Crippen molar-refractivity contribution in [3.8, 4) is 0 Å². The van der Waals surface area contributed by atoms with Gasteiger partial charge in [0.25, 0.3) is 0 Å². The molecule has 17 heavy (non-hydrogen) atoms. The molecule has 1 aromatic rings. The maximum absolute atomic E-state index is 12.1. The molecule has 1 N–H and O–H groups in total. The molecule has 0 heterocycles. The highest BCUT2D eigenvalue weighted by atomic mass is 32.2. The maximum atomic E-state index is 12.1. The first kappa shape index (κ1) is 14.1. The summed E-state index contributed by atoms with van der Waals surface area (Å²) in [5.74, 6) is 0. The number of rotatable bonds is 5. The average Bonchev–Trinajstić information content (AvgIpc) is 2.28. The van der Waals surface area contributed by atoms with Gasteiger partial charge in [-0.05, 0) is 32.8 Å². The Hall–Kier alpha value is -0.930. The Kier molecular flexibility index (Phi) is 5.09. The van der Waals surface area contributed by atoms with Crippen LogP contribution in [-0.2, 0) is 11.0 Å². The lowest BCUT2D eigenvalue weighted by Gasteiger charge is -2.23. The summed E-state index contributed by atoms with van der Waals surface area (Å²) in [6.45, 7) is 9.65. The summed E-state index contributed by atoms with van der Waals surface area (Å²) in [6.07, 6.45) is 2.62. The third-order valence-corrected chi connectivity index (χ3v) is 4.02. The van der Waals surface area contributed by atoms with Crippen LogP contribution < -0.4 is 4.72 Å². The van der Waals surface area contributed by atoms with Crippen molar-refractivity contribution in [2.24, 2.45) is 0 Å². The van der Waals surface area contributed by atoms with Crippen LogP contribution in [0.5, 0.6) is 0 Å². The Morgan fingerprint density at radius 1 is 1.35 bits per heavy atom. The topological polar surface area (TPSA) is 29.1 Å². The van der Waals surface area contributed by atoms with E-state index in [4.69, 9.17) is 0 Å². The van der Waals surface area contributed by atoms with Crippen LogP contribution in [0.25, 0.3) is 0 Å². The maximum Gasteiger partial charge on any atom is 0.0976 e. The van der Waals surface area contributed by atoms with Crippen LogP contribution >= 0.6 is 0 Å². The van der Waals surface area contributed by atoms with E-state index < -0.39 is 11.0 Å². The predicted octanol–water partition coefficient (Wildman–Crippen LogP) is 3.36. The van der Waals surface area contributed by atoms with Crippen LogP contribution in [0, 0.1) is 0 Å². The Morgan fingerprint density at radius 2 is 1.94 bits per heavy atom. The molecule has 1 aromatic carbocycles. The highest BCUT2D eigenvalue weighted by molar-refractivity contribution is 7.84. The summed E-state index contributed by atoms with van der Waals surface area (Å²) in [7, 11) is -1.07. The predicted molar refractivity (Wildman–Crippen MR) is 75.0 cm³/mol. The van der Waals surface area contributed by atoms with Gasteiger partial charge in [0.05, 0.1) is 15.7 Å². The lowest BCUT2D eigenvalue weighted by molar-refractivity contribution is 0.602. The second-order valence-electron chi connectivity index (χ2n) is 4.99. The normalized spacial score (nSPS) is 15.2. The van der Waals surface area contributed by atoms with Crippen LogP contribution in [0.3, 0.4) is 0 Å². The number of nitrogens with one attached hydrogen (secondary N) is 1. The summed E-state index contributed by atoms with van der Waals surface area (Å²) in [5, 5.41) is 0. The van der Waals surface area contributed by atoms with Gasteiger partial charge in [-0.2, -0.15) is 0 Å². The van der Waals surface area contributed by atoms with Crippen molar-refractivity contribution in [3.05, 3.63) is 48.6 Å². The highest BCUT2D eigenvalue weighted by Crippen LogP contribution is 2.20. The molecule has 0 fully saturated rings. The first-order valence-corrected chi connectivity index (χ1v) is 6.94. The zero-order valence-electron chi connectivity index (χ0n) is 10.8. The van der Waals surface area contributed by atoms with E-state index in [9.17, 15) is 4.21 Å². The fourth-order valence-electron chi connectivity index (χ4n) is 1.41. The first-order valence-electron chi connectivity index (χ1n) is 5.79. The van der Waals surface area contributed by atoms with Crippen molar-refractivity contribution in [1.82, 2.24) is 4.72 Å². The van der Waals surface area contributed by atoms with E-state index in [1.807, 2.05) is 57.2 Å². The molecule has 0 saturated heterocycles. The molecule has 0 saturated carbocycles. The van der Waals surface area contributed by atoms with Gasteiger partial charge >= 0.3 is 0 Å². The van der Waals surface area contributed by atoms with E-state index in [1.165, 1.54) is 0 Å². The van der Waals surface area contributed by atoms with E-state index in [-0.39, 0.29) is 10.8 Å². The SMILES string of the molecule is C=CC[C@@H](N[S@](=O)C(C)(C)C)c1ccccc1. The van der Waals surface area contributed by atoms with E-state index in [1.54, 1.807) is 0 Å². The molecule has 2 nitrogen and oxygen atoms in total. The Morgan fingerprint density at radius 3 is 2.41 bits per heavy atom. The van der Waals surface area contributed by atoms with Crippen molar-refractivity contribution in [1.29, 1.82) is 0 Å². The van der Waals surface area contributed by atoms with Crippen molar-refractivity contribution in [3.63, 3.8) is 0 Å². The average molecular weight is 251 g/mol. The van der Waals surface area contributed by atoms with Gasteiger partial charge in [-0.15, -0.1) is 6.58 Å². The van der Waals surface area contributed by atoms with Crippen LogP contribution in [-0.4, -0.2) is 8.96 Å². The molecule has 0 aliphatic carbocycles. The molecule has 0 aliphatic heterocycles. The molecule has 2 atom stereocenters. The van der Waals surface area contributed by atoms with Crippen LogP contribution in [0.2, 0.25) is 0 Å². The fraction of sp³-hybridized carbons (Fsp3) is 0.429. The zero-order chi connectivity index (χ0) is 12.9. The molecule has 0 aliphatic rings. The van der Waals surface area contributed by atoms with Crippen LogP contribution in [0.4, 0.5) is 0 Å².